The molecule has 0 aliphatic carbocycles. The summed E-state index contributed by atoms with van der Waals surface area (Å²) in [5, 5.41) is 0. The summed E-state index contributed by atoms with van der Waals surface area (Å²) in [4.78, 5) is 4.14. The molecule has 1 aromatic rings. The highest BCUT2D eigenvalue weighted by atomic mass is 32.2. The van der Waals surface area contributed by atoms with Crippen molar-refractivity contribution in [3.63, 3.8) is 0 Å². The summed E-state index contributed by atoms with van der Waals surface area (Å²) in [6.07, 6.45) is 4.60. The van der Waals surface area contributed by atoms with Gasteiger partial charge in [-0.25, -0.2) is 0 Å². The van der Waals surface area contributed by atoms with Crippen LogP contribution in [0.4, 0.5) is 5.69 Å². The minimum atomic E-state index is 0.510. The Hall–Kier alpha value is -0.740. The molecule has 1 fully saturated rings. The van der Waals surface area contributed by atoms with Crippen LogP contribution in [0.1, 0.15) is 32.3 Å². The van der Waals surface area contributed by atoms with Crippen LogP contribution in [0.15, 0.2) is 23.1 Å². The van der Waals surface area contributed by atoms with Crippen LogP contribution < -0.4 is 10.6 Å². The lowest BCUT2D eigenvalue weighted by Gasteiger charge is -2.36. The molecule has 2 N–H and O–H groups in total. The van der Waals surface area contributed by atoms with E-state index < -0.39 is 0 Å². The van der Waals surface area contributed by atoms with Gasteiger partial charge in [-0.15, -0.1) is 11.8 Å². The average molecular weight is 309 g/mol. The van der Waals surface area contributed by atoms with Crippen LogP contribution in [0.3, 0.4) is 0 Å². The molecule has 0 unspecified atom stereocenters. The third-order valence-corrected chi connectivity index (χ3v) is 5.28. The monoisotopic (exact) mass is 308 g/mol. The first kappa shape index (κ1) is 15.6. The fourth-order valence-corrected chi connectivity index (χ4v) is 3.92. The van der Waals surface area contributed by atoms with E-state index in [1.807, 2.05) is 0 Å². The summed E-state index contributed by atoms with van der Waals surface area (Å²) >= 11 is 6.99. The van der Waals surface area contributed by atoms with Crippen molar-refractivity contribution in [2.24, 2.45) is 17.6 Å². The van der Waals surface area contributed by atoms with Crippen LogP contribution in [0, 0.1) is 11.8 Å². The lowest BCUT2D eigenvalue weighted by atomic mass is 9.86. The maximum atomic E-state index is 5.96. The fraction of sp³-hybridized carbons (Fsp3) is 0.562. The van der Waals surface area contributed by atoms with E-state index in [2.05, 4.69) is 43.2 Å². The third kappa shape index (κ3) is 3.29. The molecular formula is C16H24N2S2. The van der Waals surface area contributed by atoms with Crippen molar-refractivity contribution in [3.05, 3.63) is 23.8 Å². The molecule has 1 aliphatic heterocycles. The second-order valence-corrected chi connectivity index (χ2v) is 7.08. The fourth-order valence-electron chi connectivity index (χ4n) is 3.01. The van der Waals surface area contributed by atoms with Crippen LogP contribution >= 0.6 is 24.0 Å². The van der Waals surface area contributed by atoms with Gasteiger partial charge in [0.2, 0.25) is 0 Å². The number of nitrogens with zero attached hydrogens (tertiary/aromatic N) is 1. The van der Waals surface area contributed by atoms with Gasteiger partial charge in [0.05, 0.1) is 0 Å². The molecule has 0 spiro atoms. The first-order valence-corrected chi connectivity index (χ1v) is 8.89. The molecule has 1 saturated heterocycles. The summed E-state index contributed by atoms with van der Waals surface area (Å²) in [6, 6.07) is 6.37. The molecule has 0 amide bonds. The number of rotatable bonds is 4. The topological polar surface area (TPSA) is 29.3 Å². The van der Waals surface area contributed by atoms with Gasteiger partial charge < -0.3 is 10.6 Å². The van der Waals surface area contributed by atoms with Crippen molar-refractivity contribution < 1.29 is 0 Å². The highest BCUT2D eigenvalue weighted by Crippen LogP contribution is 2.33. The van der Waals surface area contributed by atoms with E-state index >= 15 is 0 Å². The zero-order valence-electron chi connectivity index (χ0n) is 12.6. The van der Waals surface area contributed by atoms with Crippen molar-refractivity contribution in [3.8, 4) is 0 Å². The van der Waals surface area contributed by atoms with Gasteiger partial charge in [-0.3, -0.25) is 0 Å². The van der Waals surface area contributed by atoms with Crippen LogP contribution in [-0.2, 0) is 0 Å². The van der Waals surface area contributed by atoms with E-state index in [-0.39, 0.29) is 0 Å². The zero-order chi connectivity index (χ0) is 14.7. The molecule has 0 radical (unpaired) electrons. The van der Waals surface area contributed by atoms with E-state index in [4.69, 9.17) is 18.0 Å². The Bertz CT molecular complexity index is 477. The van der Waals surface area contributed by atoms with Crippen molar-refractivity contribution >= 4 is 34.7 Å². The van der Waals surface area contributed by atoms with E-state index in [9.17, 15) is 0 Å². The van der Waals surface area contributed by atoms with Gasteiger partial charge in [0.1, 0.15) is 4.99 Å². The van der Waals surface area contributed by atoms with Crippen LogP contribution in [0.25, 0.3) is 0 Å². The Morgan fingerprint density at radius 1 is 1.35 bits per heavy atom. The smallest absolute Gasteiger partial charge is 0.107 e. The number of anilines is 1. The van der Waals surface area contributed by atoms with Crippen LogP contribution in [0.5, 0.6) is 0 Å². The standard InChI is InChI=1S/C16H24N2S2/c1-11(2)12-7-9-18(10-8-12)13-5-4-6-14(20-3)15(13)16(17)19/h4-6,11-12H,7-10H2,1-3H3,(H2,17,19). The van der Waals surface area contributed by atoms with Gasteiger partial charge >= 0.3 is 0 Å². The number of hydrogen-bond donors (Lipinski definition) is 1. The number of thiocarbonyl (C=S) groups is 1. The molecule has 2 rings (SSSR count). The van der Waals surface area contributed by atoms with E-state index in [0.29, 0.717) is 4.99 Å². The molecule has 0 bridgehead atoms. The van der Waals surface area contributed by atoms with Crippen LogP contribution in [0.2, 0.25) is 0 Å². The first-order chi connectivity index (χ1) is 9.54. The number of hydrogen-bond acceptors (Lipinski definition) is 3. The Morgan fingerprint density at radius 2 is 2.00 bits per heavy atom. The van der Waals surface area contributed by atoms with Gasteiger partial charge in [0.25, 0.3) is 0 Å². The van der Waals surface area contributed by atoms with E-state index in [1.54, 1.807) is 11.8 Å². The highest BCUT2D eigenvalue weighted by Gasteiger charge is 2.24. The maximum Gasteiger partial charge on any atom is 0.107 e. The summed E-state index contributed by atoms with van der Waals surface area (Å²) < 4.78 is 0. The SMILES string of the molecule is CSc1cccc(N2CCC(C(C)C)CC2)c1C(N)=S. The number of nitrogens with two attached hydrogens (primary N) is 1. The maximum absolute atomic E-state index is 5.96. The van der Waals surface area contributed by atoms with Crippen molar-refractivity contribution in [1.82, 2.24) is 0 Å². The second kappa shape index (κ2) is 6.81. The van der Waals surface area contributed by atoms with E-state index in [0.717, 1.165) is 30.5 Å². The van der Waals surface area contributed by atoms with Crippen molar-refractivity contribution in [1.29, 1.82) is 0 Å². The number of thioether (sulfide) groups is 1. The van der Waals surface area contributed by atoms with Gasteiger partial charge in [-0.1, -0.05) is 32.1 Å². The van der Waals surface area contributed by atoms with Crippen LogP contribution in [-0.4, -0.2) is 24.3 Å². The molecule has 0 saturated carbocycles. The quantitative estimate of drug-likeness (QED) is 0.674. The summed E-state index contributed by atoms with van der Waals surface area (Å²) in [5.41, 5.74) is 8.23. The molecule has 110 valence electrons. The Kier molecular flexibility index (Phi) is 5.33. The Labute approximate surface area is 132 Å². The molecule has 1 aromatic carbocycles. The summed E-state index contributed by atoms with van der Waals surface area (Å²) in [6.45, 7) is 6.87. The minimum absolute atomic E-state index is 0.510. The van der Waals surface area contributed by atoms with E-state index in [1.165, 1.54) is 23.4 Å². The molecule has 20 heavy (non-hydrogen) atoms. The van der Waals surface area contributed by atoms with Gasteiger partial charge in [-0.2, -0.15) is 0 Å². The summed E-state index contributed by atoms with van der Waals surface area (Å²) in [5.74, 6) is 1.63. The lowest BCUT2D eigenvalue weighted by molar-refractivity contribution is 0.311. The van der Waals surface area contributed by atoms with Crippen molar-refractivity contribution in [2.75, 3.05) is 24.2 Å². The molecule has 1 heterocycles. The Morgan fingerprint density at radius 3 is 2.50 bits per heavy atom. The lowest BCUT2D eigenvalue weighted by Crippen LogP contribution is -2.36. The Balaban J connectivity index is 2.24. The molecule has 1 aliphatic rings. The third-order valence-electron chi connectivity index (χ3n) is 4.29. The largest absolute Gasteiger partial charge is 0.389 e. The summed E-state index contributed by atoms with van der Waals surface area (Å²) in [7, 11) is 0. The molecular weight excluding hydrogens is 284 g/mol. The molecule has 0 atom stereocenters. The zero-order valence-corrected chi connectivity index (χ0v) is 14.2. The molecule has 2 nitrogen and oxygen atoms in total. The number of piperidine rings is 1. The second-order valence-electron chi connectivity index (χ2n) is 5.79. The molecule has 4 heteroatoms. The number of benzene rings is 1. The predicted octanol–water partition coefficient (Wildman–Crippen LogP) is 3.92. The predicted molar refractivity (Wildman–Crippen MR) is 93.9 cm³/mol. The van der Waals surface area contributed by atoms with Crippen molar-refractivity contribution in [2.45, 2.75) is 31.6 Å². The van der Waals surface area contributed by atoms with Gasteiger partial charge in [-0.05, 0) is 43.1 Å². The minimum Gasteiger partial charge on any atom is -0.389 e. The molecule has 0 aromatic heterocycles. The normalized spacial score (nSPS) is 16.7. The van der Waals surface area contributed by atoms with Gasteiger partial charge in [0.15, 0.2) is 0 Å². The first-order valence-electron chi connectivity index (χ1n) is 7.26. The highest BCUT2D eigenvalue weighted by molar-refractivity contribution is 7.98. The van der Waals surface area contributed by atoms with Gasteiger partial charge in [0, 0.05) is 29.2 Å². The average Bonchev–Trinajstić information content (AvgIpc) is 2.46.